The molecule has 0 unspecified atom stereocenters. The maximum absolute atomic E-state index is 10.2. The van der Waals surface area contributed by atoms with E-state index in [1.807, 2.05) is 12.1 Å². The SMILES string of the molecule is O=C([O-])c1cc[c]([Hg])cc1.[OH-]. The van der Waals surface area contributed by atoms with E-state index in [2.05, 4.69) is 0 Å². The topological polar surface area (TPSA) is 70.1 Å². The van der Waals surface area contributed by atoms with E-state index in [9.17, 15) is 9.90 Å². The molecule has 0 aliphatic heterocycles. The third-order valence-corrected chi connectivity index (χ3v) is 3.02. The van der Waals surface area contributed by atoms with Crippen molar-refractivity contribution >= 4 is 9.04 Å². The van der Waals surface area contributed by atoms with Crippen LogP contribution in [0, 0.1) is 0 Å². The first-order valence-electron chi connectivity index (χ1n) is 2.83. The minimum absolute atomic E-state index is 0. The average molecular weight is 338 g/mol. The number of carboxylic acid groups (broad SMARTS) is 1. The summed E-state index contributed by atoms with van der Waals surface area (Å²) in [7, 11) is 0. The number of carbonyl (C=O) groups excluding carboxylic acids is 1. The van der Waals surface area contributed by atoms with Crippen LogP contribution in [0.5, 0.6) is 0 Å². The fraction of sp³-hybridized carbons (Fsp3) is 0. The summed E-state index contributed by atoms with van der Waals surface area (Å²) in [4.78, 5) is 10.2. The molecule has 1 aromatic carbocycles. The molecule has 0 radical (unpaired) electrons. The van der Waals surface area contributed by atoms with Crippen LogP contribution < -0.4 is 8.18 Å². The van der Waals surface area contributed by atoms with Gasteiger partial charge in [-0.3, -0.25) is 0 Å². The van der Waals surface area contributed by atoms with Gasteiger partial charge in [0.2, 0.25) is 0 Å². The molecule has 0 aliphatic rings. The molecule has 1 aromatic rings. The molecule has 0 bridgehead atoms. The normalized spacial score (nSPS) is 8.55. The predicted octanol–water partition coefficient (Wildman–Crippen LogP) is -0.955. The Morgan fingerprint density at radius 1 is 1.27 bits per heavy atom. The summed E-state index contributed by atoms with van der Waals surface area (Å²) >= 11 is 0.575. The van der Waals surface area contributed by atoms with Gasteiger partial charge in [-0.1, -0.05) is 0 Å². The van der Waals surface area contributed by atoms with E-state index < -0.39 is 5.97 Å². The van der Waals surface area contributed by atoms with E-state index in [0.29, 0.717) is 26.1 Å². The summed E-state index contributed by atoms with van der Waals surface area (Å²) in [5.41, 5.74) is 0.259. The zero-order chi connectivity index (χ0) is 7.56. The van der Waals surface area contributed by atoms with Gasteiger partial charge in [0.15, 0.2) is 0 Å². The average Bonchev–Trinajstić information content (AvgIpc) is 1.88. The van der Waals surface area contributed by atoms with E-state index >= 15 is 0 Å². The zero-order valence-electron chi connectivity index (χ0n) is 5.78. The van der Waals surface area contributed by atoms with Gasteiger partial charge in [0, 0.05) is 0 Å². The second-order valence-electron chi connectivity index (χ2n) is 1.98. The Morgan fingerprint density at radius 2 is 1.73 bits per heavy atom. The van der Waals surface area contributed by atoms with Crippen molar-refractivity contribution < 1.29 is 41.5 Å². The Morgan fingerprint density at radius 3 is 2.09 bits per heavy atom. The Balaban J connectivity index is 0.000001000. The summed E-state index contributed by atoms with van der Waals surface area (Å²) in [6.45, 7) is 0. The standard InChI is InChI=1S/C7H5O2.Hg.H2O/c8-7(9)6-4-2-1-3-5-6;;/h2-5H,(H,8,9);;1H2/p-2. The Labute approximate surface area is 80.3 Å². The molecule has 0 saturated carbocycles. The van der Waals surface area contributed by atoms with Gasteiger partial charge in [0.05, 0.1) is 0 Å². The third-order valence-electron chi connectivity index (χ3n) is 1.19. The number of benzene rings is 1. The van der Waals surface area contributed by atoms with Crippen LogP contribution in [0.15, 0.2) is 24.3 Å². The molecule has 1 N–H and O–H groups in total. The summed E-state index contributed by atoms with van der Waals surface area (Å²) < 4.78 is 1.24. The molecule has 0 fully saturated rings. The number of carbonyl (C=O) groups is 1. The van der Waals surface area contributed by atoms with Gasteiger partial charge in [-0.05, 0) is 0 Å². The number of aromatic carboxylic acids is 1. The third kappa shape index (κ3) is 2.99. The van der Waals surface area contributed by atoms with Crippen LogP contribution in [0.3, 0.4) is 0 Å². The molecule has 1 rings (SSSR count). The van der Waals surface area contributed by atoms with Crippen LogP contribution in [0.25, 0.3) is 0 Å². The van der Waals surface area contributed by atoms with Gasteiger partial charge in [0.1, 0.15) is 0 Å². The molecule has 3 nitrogen and oxygen atoms in total. The Hall–Kier alpha value is -0.415. The molecule has 0 spiro atoms. The molecular weight excluding hydrogens is 333 g/mol. The van der Waals surface area contributed by atoms with Crippen LogP contribution in [0.4, 0.5) is 0 Å². The first kappa shape index (κ1) is 10.6. The van der Waals surface area contributed by atoms with Gasteiger partial charge in [-0.2, -0.15) is 0 Å². The summed E-state index contributed by atoms with van der Waals surface area (Å²) in [5.74, 6) is -1.10. The Bertz CT molecular complexity index is 242. The fourth-order valence-corrected chi connectivity index (χ4v) is 1.56. The van der Waals surface area contributed by atoms with Crippen LogP contribution in [0.2, 0.25) is 0 Å². The maximum Gasteiger partial charge on any atom is -0.870 e. The van der Waals surface area contributed by atoms with E-state index in [4.69, 9.17) is 0 Å². The van der Waals surface area contributed by atoms with Crippen molar-refractivity contribution in [2.75, 3.05) is 0 Å². The summed E-state index contributed by atoms with van der Waals surface area (Å²) in [6.07, 6.45) is 0. The fourth-order valence-electron chi connectivity index (χ4n) is 0.641. The first-order chi connectivity index (χ1) is 4.70. The van der Waals surface area contributed by atoms with Crippen molar-refractivity contribution in [2.45, 2.75) is 0 Å². The quantitative estimate of drug-likeness (QED) is 0.620. The maximum atomic E-state index is 10.2. The Kier molecular flexibility index (Phi) is 4.29. The molecule has 0 amide bonds. The molecule has 0 saturated heterocycles. The van der Waals surface area contributed by atoms with Gasteiger partial charge < -0.3 is 5.48 Å². The molecular formula is C7H5HgO3-2. The molecule has 55 valence electrons. The van der Waals surface area contributed by atoms with Gasteiger partial charge >= 0.3 is 74.9 Å². The number of hydrogen-bond donors (Lipinski definition) is 0. The van der Waals surface area contributed by atoms with Crippen molar-refractivity contribution in [3.63, 3.8) is 0 Å². The van der Waals surface area contributed by atoms with Crippen LogP contribution >= 0.6 is 0 Å². The summed E-state index contributed by atoms with van der Waals surface area (Å²) in [5, 5.41) is 10.2. The smallest absolute Gasteiger partial charge is 0.870 e. The van der Waals surface area contributed by atoms with Crippen molar-refractivity contribution in [1.29, 1.82) is 0 Å². The minimum atomic E-state index is -1.10. The zero-order valence-corrected chi connectivity index (χ0v) is 11.3. The molecule has 4 heteroatoms. The molecule has 0 heterocycles. The van der Waals surface area contributed by atoms with Crippen molar-refractivity contribution in [3.8, 4) is 0 Å². The molecule has 0 aromatic heterocycles. The van der Waals surface area contributed by atoms with E-state index in [-0.39, 0.29) is 11.0 Å². The van der Waals surface area contributed by atoms with E-state index in [1.54, 1.807) is 12.1 Å². The number of carboxylic acids is 1. The summed E-state index contributed by atoms with van der Waals surface area (Å²) in [6, 6.07) is 6.82. The molecule has 11 heavy (non-hydrogen) atoms. The van der Waals surface area contributed by atoms with Gasteiger partial charge in [-0.25, -0.2) is 0 Å². The van der Waals surface area contributed by atoms with Crippen molar-refractivity contribution in [2.24, 2.45) is 0 Å². The largest absolute Gasteiger partial charge is 0.870 e. The number of rotatable bonds is 1. The van der Waals surface area contributed by atoms with Crippen LogP contribution in [0.1, 0.15) is 10.4 Å². The van der Waals surface area contributed by atoms with Crippen molar-refractivity contribution in [1.82, 2.24) is 0 Å². The predicted molar refractivity (Wildman–Crippen MR) is 32.3 cm³/mol. The van der Waals surface area contributed by atoms with Crippen molar-refractivity contribution in [3.05, 3.63) is 29.8 Å². The van der Waals surface area contributed by atoms with Gasteiger partial charge in [-0.15, -0.1) is 0 Å². The number of hydrogen-bond acceptors (Lipinski definition) is 3. The van der Waals surface area contributed by atoms with Gasteiger partial charge in [0.25, 0.3) is 0 Å². The second kappa shape index (κ2) is 4.46. The van der Waals surface area contributed by atoms with Crippen LogP contribution in [-0.2, 0) is 26.1 Å². The minimum Gasteiger partial charge on any atom is -0.870 e. The second-order valence-corrected chi connectivity index (χ2v) is 5.16. The van der Waals surface area contributed by atoms with Crippen LogP contribution in [-0.4, -0.2) is 11.4 Å². The molecule has 0 aliphatic carbocycles. The molecule has 0 atom stereocenters. The first-order valence-corrected chi connectivity index (χ1v) is 5.58. The van der Waals surface area contributed by atoms with E-state index in [0.717, 1.165) is 0 Å². The monoisotopic (exact) mass is 339 g/mol. The van der Waals surface area contributed by atoms with E-state index in [1.165, 1.54) is 3.07 Å².